The van der Waals surface area contributed by atoms with Gasteiger partial charge in [0.1, 0.15) is 0 Å². The number of carbonyl (C=O) groups excluding carboxylic acids is 1. The van der Waals surface area contributed by atoms with Crippen LogP contribution in [0.5, 0.6) is 0 Å². The Morgan fingerprint density at radius 3 is 2.07 bits per heavy atom. The van der Waals surface area contributed by atoms with Crippen molar-refractivity contribution in [3.05, 3.63) is 40.2 Å². The van der Waals surface area contributed by atoms with Gasteiger partial charge in [-0.05, 0) is 0 Å². The third-order valence-electron chi connectivity index (χ3n) is 6.02. The van der Waals surface area contributed by atoms with Crippen molar-refractivity contribution in [2.75, 3.05) is 6.61 Å². The molecule has 0 saturated carbocycles. The first-order valence-corrected chi connectivity index (χ1v) is 18.8. The fourth-order valence-electron chi connectivity index (χ4n) is 4.27. The van der Waals surface area contributed by atoms with Crippen LogP contribution in [-0.4, -0.2) is 35.9 Å². The average Bonchev–Trinajstić information content (AvgIpc) is 2.73. The monoisotopic (exact) mass is 507 g/mol. The van der Waals surface area contributed by atoms with E-state index in [1.807, 2.05) is 6.07 Å². The number of esters is 1. The molecule has 0 aliphatic rings. The number of aromatic nitrogens is 1. The topological polar surface area (TPSA) is 59.2 Å². The number of H-pyrrole nitrogens is 1. The summed E-state index contributed by atoms with van der Waals surface area (Å²) >= 11 is -2.55. The summed E-state index contributed by atoms with van der Waals surface area (Å²) in [6.07, 6.45) is 9.16. The molecule has 1 heterocycles. The molecular formula is C24H37NO3Sn. The molecule has 0 saturated heterocycles. The van der Waals surface area contributed by atoms with Crippen molar-refractivity contribution < 1.29 is 9.53 Å². The Labute approximate surface area is 179 Å². The van der Waals surface area contributed by atoms with Gasteiger partial charge in [-0.1, -0.05) is 0 Å². The second-order valence-corrected chi connectivity index (χ2v) is 21.3. The first-order chi connectivity index (χ1) is 14.0. The van der Waals surface area contributed by atoms with Crippen molar-refractivity contribution >= 4 is 38.8 Å². The summed E-state index contributed by atoms with van der Waals surface area (Å²) in [5.74, 6) is -0.554. The Morgan fingerprint density at radius 1 is 0.966 bits per heavy atom. The van der Waals surface area contributed by atoms with Crippen molar-refractivity contribution in [3.63, 3.8) is 0 Å². The van der Waals surface area contributed by atoms with Crippen LogP contribution in [0.2, 0.25) is 13.3 Å². The van der Waals surface area contributed by atoms with Crippen molar-refractivity contribution in [1.82, 2.24) is 4.98 Å². The van der Waals surface area contributed by atoms with Crippen LogP contribution in [0.1, 0.15) is 76.6 Å². The molecule has 0 aliphatic heterocycles. The van der Waals surface area contributed by atoms with E-state index in [1.165, 1.54) is 61.6 Å². The van der Waals surface area contributed by atoms with Gasteiger partial charge in [0.2, 0.25) is 0 Å². The Kier molecular flexibility index (Phi) is 9.73. The van der Waals surface area contributed by atoms with Gasteiger partial charge in [-0.25, -0.2) is 0 Å². The fourth-order valence-corrected chi connectivity index (χ4v) is 20.2. The molecule has 29 heavy (non-hydrogen) atoms. The Bertz CT molecular complexity index is 837. The predicted octanol–water partition coefficient (Wildman–Crippen LogP) is 5.76. The molecule has 0 fully saturated rings. The van der Waals surface area contributed by atoms with Gasteiger partial charge in [0, 0.05) is 0 Å². The van der Waals surface area contributed by atoms with Gasteiger partial charge in [0.05, 0.1) is 0 Å². The van der Waals surface area contributed by atoms with Crippen LogP contribution in [0, 0.1) is 0 Å². The first-order valence-electron chi connectivity index (χ1n) is 11.4. The number of aromatic amines is 1. The molecular weight excluding hydrogens is 469 g/mol. The summed E-state index contributed by atoms with van der Waals surface area (Å²) in [5, 5.41) is 0.584. The molecule has 0 aliphatic carbocycles. The number of carbonyl (C=O) groups is 1. The van der Waals surface area contributed by atoms with Crippen LogP contribution in [0.15, 0.2) is 29.2 Å². The van der Waals surface area contributed by atoms with E-state index in [0.717, 1.165) is 5.52 Å². The Morgan fingerprint density at radius 2 is 1.55 bits per heavy atom. The van der Waals surface area contributed by atoms with Gasteiger partial charge in [-0.15, -0.1) is 0 Å². The van der Waals surface area contributed by atoms with Gasteiger partial charge >= 0.3 is 180 Å². The molecule has 5 heteroatoms. The van der Waals surface area contributed by atoms with Crippen LogP contribution < -0.4 is 9.01 Å². The van der Waals surface area contributed by atoms with Crippen molar-refractivity contribution in [2.45, 2.75) is 79.5 Å². The number of pyridine rings is 1. The molecule has 0 unspecified atom stereocenters. The predicted molar refractivity (Wildman–Crippen MR) is 125 cm³/mol. The van der Waals surface area contributed by atoms with Gasteiger partial charge in [-0.3, -0.25) is 0 Å². The summed E-state index contributed by atoms with van der Waals surface area (Å²) in [7, 11) is 0. The SMILES string of the molecule is CCC[CH2][Sn]([CH2]CCC)([CH2]CCC)[c]1ccc2c(=O)c(C(=O)OCC)c[nH]c2c1. The van der Waals surface area contributed by atoms with Crippen LogP contribution in [0.25, 0.3) is 10.9 Å². The van der Waals surface area contributed by atoms with Crippen LogP contribution >= 0.6 is 0 Å². The molecule has 0 bridgehead atoms. The first kappa shape index (κ1) is 24.0. The molecule has 0 spiro atoms. The molecule has 1 aromatic heterocycles. The summed E-state index contributed by atoms with van der Waals surface area (Å²) in [6, 6.07) is 6.40. The van der Waals surface area contributed by atoms with E-state index >= 15 is 0 Å². The normalized spacial score (nSPS) is 11.7. The van der Waals surface area contributed by atoms with Crippen LogP contribution in [0.4, 0.5) is 0 Å². The molecule has 1 N–H and O–H groups in total. The zero-order valence-corrected chi connectivity index (χ0v) is 21.5. The molecule has 2 aromatic rings. The van der Waals surface area contributed by atoms with E-state index in [0.29, 0.717) is 5.39 Å². The second-order valence-electron chi connectivity index (χ2n) is 8.10. The average molecular weight is 506 g/mol. The van der Waals surface area contributed by atoms with E-state index < -0.39 is 24.3 Å². The maximum atomic E-state index is 12.8. The van der Waals surface area contributed by atoms with Crippen LogP contribution in [-0.2, 0) is 4.74 Å². The number of hydrogen-bond acceptors (Lipinski definition) is 3. The molecule has 4 nitrogen and oxygen atoms in total. The van der Waals surface area contributed by atoms with E-state index in [1.54, 1.807) is 6.92 Å². The second kappa shape index (κ2) is 11.8. The van der Waals surface area contributed by atoms with E-state index in [-0.39, 0.29) is 17.6 Å². The van der Waals surface area contributed by atoms with Crippen LogP contribution in [0.3, 0.4) is 0 Å². The van der Waals surface area contributed by atoms with E-state index in [4.69, 9.17) is 4.74 Å². The number of fused-ring (bicyclic) bond motifs is 1. The Hall–Kier alpha value is -1.30. The summed E-state index contributed by atoms with van der Waals surface area (Å²) in [5.41, 5.74) is 0.705. The van der Waals surface area contributed by atoms with E-state index in [2.05, 4.69) is 37.9 Å². The number of ether oxygens (including phenoxy) is 1. The molecule has 0 amide bonds. The van der Waals surface area contributed by atoms with Crippen molar-refractivity contribution in [1.29, 1.82) is 0 Å². The molecule has 2 rings (SSSR count). The van der Waals surface area contributed by atoms with Gasteiger partial charge in [0.15, 0.2) is 0 Å². The summed E-state index contributed by atoms with van der Waals surface area (Å²) in [6.45, 7) is 8.86. The Balaban J connectivity index is 2.52. The fraction of sp³-hybridized carbons (Fsp3) is 0.583. The maximum absolute atomic E-state index is 12.8. The third-order valence-corrected chi connectivity index (χ3v) is 21.6. The number of benzene rings is 1. The molecule has 0 radical (unpaired) electrons. The van der Waals surface area contributed by atoms with Crippen molar-refractivity contribution in [3.8, 4) is 0 Å². The van der Waals surface area contributed by atoms with Gasteiger partial charge in [-0.2, -0.15) is 0 Å². The zero-order valence-electron chi connectivity index (χ0n) is 18.6. The quantitative estimate of drug-likeness (QED) is 0.294. The summed E-state index contributed by atoms with van der Waals surface area (Å²) < 4.78 is 10.7. The molecule has 160 valence electrons. The number of hydrogen-bond donors (Lipinski definition) is 1. The van der Waals surface area contributed by atoms with Gasteiger partial charge < -0.3 is 0 Å². The summed E-state index contributed by atoms with van der Waals surface area (Å²) in [4.78, 5) is 28.1. The number of rotatable bonds is 12. The third kappa shape index (κ3) is 5.86. The zero-order chi connectivity index (χ0) is 21.3. The minimum atomic E-state index is -2.55. The number of nitrogens with one attached hydrogen (secondary N) is 1. The standard InChI is InChI=1S/C12H10NO3.3C4H9.Sn/c1-2-16-12(15)9-7-13-10-6-4-3-5-8(10)11(9)14;3*1-3-4-2;/h3,5-7H,2H2,1H3,(H,13,14);3*1,3-4H2,2H3;. The molecule has 0 atom stereocenters. The minimum absolute atomic E-state index is 0.0878. The number of unbranched alkanes of at least 4 members (excludes halogenated alkanes) is 3. The van der Waals surface area contributed by atoms with Gasteiger partial charge in [0.25, 0.3) is 0 Å². The van der Waals surface area contributed by atoms with E-state index in [9.17, 15) is 9.59 Å². The van der Waals surface area contributed by atoms with Crippen molar-refractivity contribution in [2.24, 2.45) is 0 Å². The molecule has 1 aromatic carbocycles.